The van der Waals surface area contributed by atoms with Crippen LogP contribution in [0.2, 0.25) is 0 Å². The first kappa shape index (κ1) is 14.5. The molecule has 0 aliphatic carbocycles. The van der Waals surface area contributed by atoms with Gasteiger partial charge in [0.25, 0.3) is 0 Å². The topological polar surface area (TPSA) is 30.7 Å². The molecule has 0 bridgehead atoms. The third-order valence-electron chi connectivity index (χ3n) is 3.59. The van der Waals surface area contributed by atoms with Crippen molar-refractivity contribution in [1.82, 2.24) is 14.5 Å². The maximum atomic E-state index is 5.87. The molecule has 0 radical (unpaired) electrons. The van der Waals surface area contributed by atoms with Gasteiger partial charge in [0, 0.05) is 11.8 Å². The summed E-state index contributed by atoms with van der Waals surface area (Å²) in [7, 11) is 0. The molecule has 0 aliphatic rings. The molecule has 2 aromatic heterocycles. The molecule has 1 aromatic carbocycles. The number of aromatic nitrogens is 3. The van der Waals surface area contributed by atoms with Crippen LogP contribution >= 0.6 is 22.9 Å². The number of halogens is 1. The van der Waals surface area contributed by atoms with Crippen molar-refractivity contribution in [3.63, 3.8) is 0 Å². The SMILES string of the molecule is CCCc1nc2ccccc2n1C(C)c1nc(CCl)cs1. The molecule has 0 aliphatic heterocycles. The van der Waals surface area contributed by atoms with E-state index >= 15 is 0 Å². The minimum Gasteiger partial charge on any atom is -0.318 e. The van der Waals surface area contributed by atoms with Crippen LogP contribution < -0.4 is 0 Å². The van der Waals surface area contributed by atoms with Crippen LogP contribution in [0.4, 0.5) is 0 Å². The van der Waals surface area contributed by atoms with Crippen LogP contribution in [0.15, 0.2) is 29.6 Å². The van der Waals surface area contributed by atoms with Crippen molar-refractivity contribution in [2.24, 2.45) is 0 Å². The monoisotopic (exact) mass is 319 g/mol. The maximum Gasteiger partial charge on any atom is 0.116 e. The number of aryl methyl sites for hydroxylation is 1. The summed E-state index contributed by atoms with van der Waals surface area (Å²) in [6.45, 7) is 4.37. The first-order valence-electron chi connectivity index (χ1n) is 7.20. The van der Waals surface area contributed by atoms with Gasteiger partial charge in [-0.05, 0) is 25.5 Å². The Hall–Kier alpha value is -1.39. The predicted octanol–water partition coefficient (Wildman–Crippen LogP) is 4.79. The molecule has 1 unspecified atom stereocenters. The highest BCUT2D eigenvalue weighted by molar-refractivity contribution is 7.09. The highest BCUT2D eigenvalue weighted by Crippen LogP contribution is 2.28. The Morgan fingerprint density at radius 3 is 2.81 bits per heavy atom. The Morgan fingerprint density at radius 1 is 1.29 bits per heavy atom. The first-order chi connectivity index (χ1) is 10.2. The smallest absolute Gasteiger partial charge is 0.116 e. The number of thiazole rings is 1. The third kappa shape index (κ3) is 2.70. The molecule has 5 heteroatoms. The molecule has 0 fully saturated rings. The Morgan fingerprint density at radius 2 is 2.10 bits per heavy atom. The molecular weight excluding hydrogens is 302 g/mol. The van der Waals surface area contributed by atoms with Gasteiger partial charge in [0.15, 0.2) is 0 Å². The van der Waals surface area contributed by atoms with Gasteiger partial charge in [-0.3, -0.25) is 0 Å². The zero-order valence-electron chi connectivity index (χ0n) is 12.2. The molecule has 0 amide bonds. The van der Waals surface area contributed by atoms with Crippen LogP contribution in [0, 0.1) is 0 Å². The van der Waals surface area contributed by atoms with E-state index in [2.05, 4.69) is 41.6 Å². The summed E-state index contributed by atoms with van der Waals surface area (Å²) in [5.41, 5.74) is 3.18. The summed E-state index contributed by atoms with van der Waals surface area (Å²) in [4.78, 5) is 9.42. The summed E-state index contributed by atoms with van der Waals surface area (Å²) >= 11 is 7.54. The van der Waals surface area contributed by atoms with Crippen molar-refractivity contribution in [3.05, 3.63) is 46.2 Å². The van der Waals surface area contributed by atoms with E-state index in [4.69, 9.17) is 16.6 Å². The lowest BCUT2D eigenvalue weighted by Gasteiger charge is -2.15. The summed E-state index contributed by atoms with van der Waals surface area (Å²) in [5.74, 6) is 1.60. The standard InChI is InChI=1S/C16H18ClN3S/c1-3-6-15-19-13-7-4-5-8-14(13)20(15)11(2)16-18-12(9-17)10-21-16/h4-5,7-8,10-11H,3,6,9H2,1-2H3. The summed E-state index contributed by atoms with van der Waals surface area (Å²) < 4.78 is 2.32. The van der Waals surface area contributed by atoms with Gasteiger partial charge in [-0.25, -0.2) is 9.97 Å². The molecule has 21 heavy (non-hydrogen) atoms. The normalized spacial score (nSPS) is 12.9. The fraction of sp³-hybridized carbons (Fsp3) is 0.375. The summed E-state index contributed by atoms with van der Waals surface area (Å²) in [6.07, 6.45) is 2.06. The fourth-order valence-corrected chi connectivity index (χ4v) is 3.71. The van der Waals surface area contributed by atoms with E-state index in [1.54, 1.807) is 11.3 Å². The van der Waals surface area contributed by atoms with E-state index < -0.39 is 0 Å². The van der Waals surface area contributed by atoms with Crippen molar-refractivity contribution in [2.75, 3.05) is 0 Å². The number of hydrogen-bond acceptors (Lipinski definition) is 3. The van der Waals surface area contributed by atoms with Crippen LogP contribution in [0.25, 0.3) is 11.0 Å². The van der Waals surface area contributed by atoms with Gasteiger partial charge in [-0.2, -0.15) is 0 Å². The zero-order chi connectivity index (χ0) is 14.8. The van der Waals surface area contributed by atoms with Gasteiger partial charge in [0.1, 0.15) is 10.8 Å². The Bertz CT molecular complexity index is 747. The first-order valence-corrected chi connectivity index (χ1v) is 8.62. The number of fused-ring (bicyclic) bond motifs is 1. The molecule has 0 spiro atoms. The van der Waals surface area contributed by atoms with Crippen LogP contribution in [0.3, 0.4) is 0 Å². The highest BCUT2D eigenvalue weighted by atomic mass is 35.5. The van der Waals surface area contributed by atoms with E-state index in [1.165, 1.54) is 5.52 Å². The van der Waals surface area contributed by atoms with Gasteiger partial charge in [0.05, 0.1) is 28.6 Å². The quantitative estimate of drug-likeness (QED) is 0.633. The summed E-state index contributed by atoms with van der Waals surface area (Å²) in [6, 6.07) is 8.49. The lowest BCUT2D eigenvalue weighted by atomic mass is 10.2. The van der Waals surface area contributed by atoms with Crippen LogP contribution in [-0.2, 0) is 12.3 Å². The Balaban J connectivity index is 2.10. The number of para-hydroxylation sites is 2. The van der Waals surface area contributed by atoms with Crippen LogP contribution in [0.1, 0.15) is 42.8 Å². The number of benzene rings is 1. The van der Waals surface area contributed by atoms with Crippen LogP contribution in [0.5, 0.6) is 0 Å². The maximum absolute atomic E-state index is 5.87. The highest BCUT2D eigenvalue weighted by Gasteiger charge is 2.19. The number of rotatable bonds is 5. The van der Waals surface area contributed by atoms with E-state index in [0.717, 1.165) is 34.9 Å². The Labute approximate surface area is 133 Å². The number of nitrogens with zero attached hydrogens (tertiary/aromatic N) is 3. The number of hydrogen-bond donors (Lipinski definition) is 0. The van der Waals surface area contributed by atoms with Gasteiger partial charge in [-0.15, -0.1) is 22.9 Å². The average Bonchev–Trinajstić information content (AvgIpc) is 3.11. The van der Waals surface area contributed by atoms with Crippen molar-refractivity contribution in [2.45, 2.75) is 38.6 Å². The minimum absolute atomic E-state index is 0.181. The molecule has 110 valence electrons. The lowest BCUT2D eigenvalue weighted by molar-refractivity contribution is 0.608. The van der Waals surface area contributed by atoms with E-state index in [0.29, 0.717) is 5.88 Å². The average molecular weight is 320 g/mol. The largest absolute Gasteiger partial charge is 0.318 e. The molecule has 3 rings (SSSR count). The molecule has 3 nitrogen and oxygen atoms in total. The molecule has 3 aromatic rings. The van der Waals surface area contributed by atoms with Crippen molar-refractivity contribution < 1.29 is 0 Å². The molecule has 0 saturated heterocycles. The zero-order valence-corrected chi connectivity index (χ0v) is 13.8. The predicted molar refractivity (Wildman–Crippen MR) is 89.2 cm³/mol. The van der Waals surface area contributed by atoms with Crippen molar-refractivity contribution in [3.8, 4) is 0 Å². The second kappa shape index (κ2) is 6.16. The fourth-order valence-electron chi connectivity index (χ4n) is 2.61. The van der Waals surface area contributed by atoms with Gasteiger partial charge in [-0.1, -0.05) is 19.1 Å². The molecule has 0 N–H and O–H groups in total. The van der Waals surface area contributed by atoms with E-state index in [9.17, 15) is 0 Å². The van der Waals surface area contributed by atoms with Crippen molar-refractivity contribution in [1.29, 1.82) is 0 Å². The molecule has 0 saturated carbocycles. The number of imidazole rings is 1. The van der Waals surface area contributed by atoms with Gasteiger partial charge in [0.2, 0.25) is 0 Å². The Kier molecular flexibility index (Phi) is 4.27. The van der Waals surface area contributed by atoms with Gasteiger partial charge < -0.3 is 4.57 Å². The number of alkyl halides is 1. The third-order valence-corrected chi connectivity index (χ3v) is 4.93. The molecule has 1 atom stereocenters. The minimum atomic E-state index is 0.181. The summed E-state index contributed by atoms with van der Waals surface area (Å²) in [5, 5.41) is 3.13. The molecule has 2 heterocycles. The van der Waals surface area contributed by atoms with Gasteiger partial charge >= 0.3 is 0 Å². The van der Waals surface area contributed by atoms with E-state index in [1.807, 2.05) is 11.4 Å². The second-order valence-electron chi connectivity index (χ2n) is 5.12. The van der Waals surface area contributed by atoms with Crippen molar-refractivity contribution >= 4 is 34.0 Å². The second-order valence-corrected chi connectivity index (χ2v) is 6.28. The van der Waals surface area contributed by atoms with Crippen LogP contribution in [-0.4, -0.2) is 14.5 Å². The van der Waals surface area contributed by atoms with E-state index in [-0.39, 0.29) is 6.04 Å². The molecular formula is C16H18ClN3S. The lowest BCUT2D eigenvalue weighted by Crippen LogP contribution is -2.10.